The van der Waals surface area contributed by atoms with Crippen molar-refractivity contribution in [3.8, 4) is 0 Å². The lowest BCUT2D eigenvalue weighted by atomic mass is 10.1. The van der Waals surface area contributed by atoms with Crippen molar-refractivity contribution in [2.24, 2.45) is 0 Å². The predicted octanol–water partition coefficient (Wildman–Crippen LogP) is 2.73. The van der Waals surface area contributed by atoms with Crippen molar-refractivity contribution in [2.45, 2.75) is 18.5 Å². The van der Waals surface area contributed by atoms with Crippen LogP contribution in [0.25, 0.3) is 0 Å². The zero-order valence-electron chi connectivity index (χ0n) is 13.3. The van der Waals surface area contributed by atoms with Gasteiger partial charge >= 0.3 is 0 Å². The molecule has 1 aromatic carbocycles. The van der Waals surface area contributed by atoms with Gasteiger partial charge in [0.05, 0.1) is 5.75 Å². The fourth-order valence-electron chi connectivity index (χ4n) is 1.98. The van der Waals surface area contributed by atoms with Gasteiger partial charge in [0, 0.05) is 22.5 Å². The molecule has 0 bridgehead atoms. The van der Waals surface area contributed by atoms with Gasteiger partial charge in [0.25, 0.3) is 0 Å². The number of amides is 1. The summed E-state index contributed by atoms with van der Waals surface area (Å²) in [5, 5.41) is 12.3. The van der Waals surface area contributed by atoms with Crippen LogP contribution < -0.4 is 11.2 Å². The number of nitrogens with zero attached hydrogens (tertiary/aromatic N) is 4. The van der Waals surface area contributed by atoms with Gasteiger partial charge in [-0.15, -0.1) is 21.5 Å². The molecular weight excluding hydrogens is 380 g/mol. The van der Waals surface area contributed by atoms with Gasteiger partial charge < -0.3 is 11.2 Å². The average Bonchev–Trinajstić information content (AvgIpc) is 3.15. The first kappa shape index (κ1) is 17.7. The van der Waals surface area contributed by atoms with Gasteiger partial charge in [0.15, 0.2) is 5.13 Å². The number of hydrogen-bond acceptors (Lipinski definition) is 7. The van der Waals surface area contributed by atoms with E-state index in [1.165, 1.54) is 27.8 Å². The Kier molecular flexibility index (Phi) is 5.57. The first-order valence-corrected chi connectivity index (χ1v) is 9.48. The van der Waals surface area contributed by atoms with Crippen LogP contribution in [0, 0.1) is 6.92 Å². The number of thiazole rings is 1. The maximum absolute atomic E-state index is 12.0. The van der Waals surface area contributed by atoms with Gasteiger partial charge in [-0.2, -0.15) is 0 Å². The van der Waals surface area contributed by atoms with Crippen molar-refractivity contribution in [3.63, 3.8) is 0 Å². The third-order valence-corrected chi connectivity index (χ3v) is 5.37. The predicted molar refractivity (Wildman–Crippen MR) is 101 cm³/mol. The number of carbonyl (C=O) groups excluding carboxylic acids is 1. The van der Waals surface area contributed by atoms with E-state index in [1.807, 2.05) is 24.3 Å². The Morgan fingerprint density at radius 3 is 2.80 bits per heavy atom. The number of nitrogens with one attached hydrogen (secondary N) is 1. The van der Waals surface area contributed by atoms with Gasteiger partial charge in [-0.1, -0.05) is 35.5 Å². The van der Waals surface area contributed by atoms with Crippen LogP contribution in [0.4, 0.5) is 5.13 Å². The number of halogens is 1. The van der Waals surface area contributed by atoms with Gasteiger partial charge in [-0.3, -0.25) is 4.79 Å². The van der Waals surface area contributed by atoms with Crippen LogP contribution in [0.15, 0.2) is 35.6 Å². The van der Waals surface area contributed by atoms with E-state index in [-0.39, 0.29) is 11.7 Å². The third-order valence-electron chi connectivity index (χ3n) is 3.26. The Hall–Kier alpha value is -2.10. The summed E-state index contributed by atoms with van der Waals surface area (Å²) in [7, 11) is 0. The first-order valence-electron chi connectivity index (χ1n) is 7.30. The van der Waals surface area contributed by atoms with Gasteiger partial charge in [0.2, 0.25) is 11.1 Å². The van der Waals surface area contributed by atoms with E-state index in [9.17, 15) is 4.79 Å². The molecule has 3 rings (SSSR count). The molecule has 0 aliphatic rings. The van der Waals surface area contributed by atoms with Crippen molar-refractivity contribution in [1.82, 2.24) is 19.9 Å². The smallest absolute Gasteiger partial charge is 0.236 e. The second-order valence-electron chi connectivity index (χ2n) is 5.17. The van der Waals surface area contributed by atoms with Gasteiger partial charge in [-0.25, -0.2) is 9.66 Å². The molecule has 3 N–H and O–H groups in total. The second kappa shape index (κ2) is 7.85. The van der Waals surface area contributed by atoms with Crippen LogP contribution in [0.2, 0.25) is 5.02 Å². The summed E-state index contributed by atoms with van der Waals surface area (Å²) < 4.78 is 1.35. The lowest BCUT2D eigenvalue weighted by Crippen LogP contribution is -2.16. The van der Waals surface area contributed by atoms with Crippen LogP contribution in [0.3, 0.4) is 0 Å². The Balaban J connectivity index is 1.53. The van der Waals surface area contributed by atoms with Gasteiger partial charge in [0.1, 0.15) is 5.82 Å². The molecular formula is C15H15ClN6OS2. The Morgan fingerprint density at radius 2 is 2.12 bits per heavy atom. The number of benzene rings is 1. The van der Waals surface area contributed by atoms with Crippen molar-refractivity contribution >= 4 is 45.7 Å². The highest BCUT2D eigenvalue weighted by Gasteiger charge is 2.11. The van der Waals surface area contributed by atoms with E-state index in [0.29, 0.717) is 21.1 Å². The molecule has 25 heavy (non-hydrogen) atoms. The number of anilines is 1. The quantitative estimate of drug-likeness (QED) is 0.492. The molecule has 10 heteroatoms. The number of rotatable bonds is 6. The second-order valence-corrected chi connectivity index (χ2v) is 7.67. The minimum absolute atomic E-state index is 0.168. The fourth-order valence-corrected chi connectivity index (χ4v) is 3.68. The summed E-state index contributed by atoms with van der Waals surface area (Å²) in [5.74, 6) is 6.35. The van der Waals surface area contributed by atoms with Crippen LogP contribution in [-0.2, 0) is 11.2 Å². The topological polar surface area (TPSA) is 98.7 Å². The molecule has 0 aliphatic carbocycles. The largest absolute Gasteiger partial charge is 0.336 e. The minimum atomic E-state index is -0.168. The summed E-state index contributed by atoms with van der Waals surface area (Å²) in [5.41, 5.74) is 1.14. The number of hydrogen-bond donors (Lipinski definition) is 2. The zero-order chi connectivity index (χ0) is 17.8. The summed E-state index contributed by atoms with van der Waals surface area (Å²) in [6.45, 7) is 1.74. The molecule has 0 fully saturated rings. The lowest BCUT2D eigenvalue weighted by molar-refractivity contribution is -0.113. The first-order chi connectivity index (χ1) is 12.0. The van der Waals surface area contributed by atoms with E-state index in [0.717, 1.165) is 16.9 Å². The summed E-state index contributed by atoms with van der Waals surface area (Å²) in [6, 6.07) is 7.66. The highest BCUT2D eigenvalue weighted by molar-refractivity contribution is 7.99. The standard InChI is InChI=1S/C15H15ClN6OS2/c1-9-20-21-15(22(9)17)24-8-13(23)19-14-18-7-12(25-14)6-10-2-4-11(16)5-3-10/h2-5,7H,6,8,17H2,1H3,(H,18,19,23). The molecule has 0 radical (unpaired) electrons. The molecule has 2 heterocycles. The highest BCUT2D eigenvalue weighted by atomic mass is 35.5. The molecule has 130 valence electrons. The minimum Gasteiger partial charge on any atom is -0.336 e. The molecule has 0 atom stereocenters. The molecule has 7 nitrogen and oxygen atoms in total. The van der Waals surface area contributed by atoms with E-state index in [4.69, 9.17) is 17.4 Å². The number of carbonyl (C=O) groups is 1. The SMILES string of the molecule is Cc1nnc(SCC(=O)Nc2ncc(Cc3ccc(Cl)cc3)s2)n1N. The van der Waals surface area contributed by atoms with Crippen molar-refractivity contribution in [1.29, 1.82) is 0 Å². The van der Waals surface area contributed by atoms with Crippen molar-refractivity contribution in [2.75, 3.05) is 16.9 Å². The highest BCUT2D eigenvalue weighted by Crippen LogP contribution is 2.22. The zero-order valence-corrected chi connectivity index (χ0v) is 15.7. The third kappa shape index (κ3) is 4.71. The monoisotopic (exact) mass is 394 g/mol. The normalized spacial score (nSPS) is 10.8. The van der Waals surface area contributed by atoms with Crippen LogP contribution >= 0.6 is 34.7 Å². The Morgan fingerprint density at radius 1 is 1.36 bits per heavy atom. The number of aromatic nitrogens is 4. The summed E-state index contributed by atoms with van der Waals surface area (Å²) in [6.07, 6.45) is 2.51. The molecule has 3 aromatic rings. The molecule has 0 unspecified atom stereocenters. The van der Waals surface area contributed by atoms with Crippen molar-refractivity contribution < 1.29 is 4.79 Å². The number of nitrogen functional groups attached to an aromatic ring is 1. The molecule has 0 saturated heterocycles. The molecule has 2 aromatic heterocycles. The molecule has 0 aliphatic heterocycles. The van der Waals surface area contributed by atoms with Crippen LogP contribution in [0.5, 0.6) is 0 Å². The fraction of sp³-hybridized carbons (Fsp3) is 0.200. The molecule has 0 spiro atoms. The number of nitrogens with two attached hydrogens (primary N) is 1. The Bertz CT molecular complexity index is 877. The number of aryl methyl sites for hydroxylation is 1. The maximum Gasteiger partial charge on any atom is 0.236 e. The van der Waals surface area contributed by atoms with E-state index in [2.05, 4.69) is 20.5 Å². The van der Waals surface area contributed by atoms with Crippen molar-refractivity contribution in [3.05, 3.63) is 51.7 Å². The van der Waals surface area contributed by atoms with E-state index in [1.54, 1.807) is 13.1 Å². The van der Waals surface area contributed by atoms with Gasteiger partial charge in [-0.05, 0) is 24.6 Å². The van der Waals surface area contributed by atoms with E-state index < -0.39 is 0 Å². The van der Waals surface area contributed by atoms with Crippen LogP contribution in [-0.4, -0.2) is 31.5 Å². The van der Waals surface area contributed by atoms with Crippen LogP contribution in [0.1, 0.15) is 16.3 Å². The molecule has 1 amide bonds. The summed E-state index contributed by atoms with van der Waals surface area (Å²) in [4.78, 5) is 17.3. The average molecular weight is 395 g/mol. The molecule has 0 saturated carbocycles. The maximum atomic E-state index is 12.0. The Labute approximate surface area is 157 Å². The summed E-state index contributed by atoms with van der Waals surface area (Å²) >= 11 is 8.55. The van der Waals surface area contributed by atoms with E-state index >= 15 is 0 Å². The lowest BCUT2D eigenvalue weighted by Gasteiger charge is -2.02. The number of thioether (sulfide) groups is 1.